The van der Waals surface area contributed by atoms with Crippen LogP contribution in [0.2, 0.25) is 4.47 Å². The summed E-state index contributed by atoms with van der Waals surface area (Å²) in [6.07, 6.45) is 3.27. The van der Waals surface area contributed by atoms with Crippen molar-refractivity contribution in [3.63, 3.8) is 0 Å². The normalized spacial score (nSPS) is 17.4. The third-order valence-electron chi connectivity index (χ3n) is 3.14. The van der Waals surface area contributed by atoms with Crippen LogP contribution in [-0.4, -0.2) is 39.1 Å². The second-order valence-corrected chi connectivity index (χ2v) is 6.52. The van der Waals surface area contributed by atoms with Gasteiger partial charge in [-0.2, -0.15) is 0 Å². The number of rotatable bonds is 5. The maximum absolute atomic E-state index is 10.7. The van der Waals surface area contributed by atoms with Crippen molar-refractivity contribution in [2.75, 3.05) is 13.3 Å². The van der Waals surface area contributed by atoms with Crippen LogP contribution >= 0.6 is 22.9 Å². The van der Waals surface area contributed by atoms with Crippen molar-refractivity contribution in [3.8, 4) is 0 Å². The summed E-state index contributed by atoms with van der Waals surface area (Å²) in [5.74, 6) is 1.04. The number of guanidine groups is 1. The molecule has 2 aromatic rings. The molecule has 0 saturated carbocycles. The minimum atomic E-state index is -0.711. The van der Waals surface area contributed by atoms with Crippen LogP contribution in [0, 0.1) is 10.1 Å². The summed E-state index contributed by atoms with van der Waals surface area (Å²) in [4.78, 5) is 19.4. The number of hydrazone groups is 1. The number of thiazole rings is 1. The van der Waals surface area contributed by atoms with Gasteiger partial charge in [0.1, 0.15) is 10.9 Å². The summed E-state index contributed by atoms with van der Waals surface area (Å²) in [6.45, 7) is 1.92. The molecule has 0 spiro atoms. The highest BCUT2D eigenvalue weighted by atomic mass is 35.5. The summed E-state index contributed by atoms with van der Waals surface area (Å²) in [6, 6.07) is 3.71. The molecule has 1 aliphatic heterocycles. The SMILES string of the molecule is O=[N+]([O-])/N=C1\NCN(Cc2ccco2)CN1Cc1cnc(Cl)s1. The minimum Gasteiger partial charge on any atom is -0.468 e. The van der Waals surface area contributed by atoms with Crippen molar-refractivity contribution in [1.82, 2.24) is 20.1 Å². The highest BCUT2D eigenvalue weighted by Gasteiger charge is 2.25. The molecule has 3 rings (SSSR count). The van der Waals surface area contributed by atoms with Gasteiger partial charge in [0.05, 0.1) is 32.7 Å². The lowest BCUT2D eigenvalue weighted by atomic mass is 10.4. The molecular weight excluding hydrogens is 344 g/mol. The second kappa shape index (κ2) is 6.94. The summed E-state index contributed by atoms with van der Waals surface area (Å²) in [5, 5.41) is 16.4. The van der Waals surface area contributed by atoms with Crippen molar-refractivity contribution >= 4 is 28.9 Å². The standard InChI is InChI=1S/C12H13ClN6O3S/c13-11-14-4-10(23-11)6-18-8-17(5-9-2-1-3-22-9)7-15-12(18)16-19(20)21/h1-4H,5-8H2,(H,15,16). The molecule has 1 fully saturated rings. The highest BCUT2D eigenvalue weighted by molar-refractivity contribution is 7.15. The molecule has 0 unspecified atom stereocenters. The highest BCUT2D eigenvalue weighted by Crippen LogP contribution is 2.20. The number of nitrogens with zero attached hydrogens (tertiary/aromatic N) is 5. The molecule has 0 atom stereocenters. The van der Waals surface area contributed by atoms with Crippen LogP contribution in [0.4, 0.5) is 0 Å². The number of nitrogens with one attached hydrogen (secondary N) is 1. The molecule has 0 aromatic carbocycles. The lowest BCUT2D eigenvalue weighted by Gasteiger charge is -2.36. The molecule has 0 radical (unpaired) electrons. The van der Waals surface area contributed by atoms with Crippen LogP contribution in [0.15, 0.2) is 34.1 Å². The van der Waals surface area contributed by atoms with Gasteiger partial charge < -0.3 is 14.6 Å². The van der Waals surface area contributed by atoms with Crippen LogP contribution in [-0.2, 0) is 13.1 Å². The van der Waals surface area contributed by atoms with Gasteiger partial charge in [-0.1, -0.05) is 11.6 Å². The number of hydrogen-bond acceptors (Lipinski definition) is 6. The van der Waals surface area contributed by atoms with Crippen LogP contribution in [0.1, 0.15) is 10.6 Å². The van der Waals surface area contributed by atoms with Crippen molar-refractivity contribution < 1.29 is 9.45 Å². The first-order valence-corrected chi connectivity index (χ1v) is 7.86. The van der Waals surface area contributed by atoms with E-state index in [9.17, 15) is 10.1 Å². The van der Waals surface area contributed by atoms with E-state index in [2.05, 4.69) is 15.4 Å². The molecule has 11 heteroatoms. The molecule has 1 N–H and O–H groups in total. The lowest BCUT2D eigenvalue weighted by molar-refractivity contribution is -0.486. The van der Waals surface area contributed by atoms with Crippen molar-refractivity contribution in [2.24, 2.45) is 5.10 Å². The maximum atomic E-state index is 10.7. The molecule has 1 saturated heterocycles. The van der Waals surface area contributed by atoms with E-state index < -0.39 is 5.03 Å². The number of aromatic nitrogens is 1. The van der Waals surface area contributed by atoms with Gasteiger partial charge in [-0.25, -0.2) is 15.1 Å². The van der Waals surface area contributed by atoms with E-state index in [1.807, 2.05) is 17.0 Å². The molecule has 2 aromatic heterocycles. The van der Waals surface area contributed by atoms with Gasteiger partial charge in [-0.3, -0.25) is 4.90 Å². The third kappa shape index (κ3) is 4.18. The summed E-state index contributed by atoms with van der Waals surface area (Å²) >= 11 is 7.17. The molecule has 3 heterocycles. The van der Waals surface area contributed by atoms with Gasteiger partial charge in [0.15, 0.2) is 9.50 Å². The van der Waals surface area contributed by atoms with Crippen molar-refractivity contribution in [1.29, 1.82) is 0 Å². The molecule has 0 amide bonds. The molecule has 0 aliphatic carbocycles. The Hall–Kier alpha value is -2.17. The van der Waals surface area contributed by atoms with E-state index in [1.54, 1.807) is 17.4 Å². The van der Waals surface area contributed by atoms with Gasteiger partial charge in [-0.15, -0.1) is 11.3 Å². The number of halogens is 1. The Labute approximate surface area is 140 Å². The van der Waals surface area contributed by atoms with Crippen molar-refractivity contribution in [2.45, 2.75) is 13.1 Å². The van der Waals surface area contributed by atoms with Gasteiger partial charge in [0, 0.05) is 11.1 Å². The average Bonchev–Trinajstić information content (AvgIpc) is 3.13. The Morgan fingerprint density at radius 2 is 2.43 bits per heavy atom. The molecule has 0 bridgehead atoms. The molecular formula is C12H13ClN6O3S. The largest absolute Gasteiger partial charge is 0.468 e. The van der Waals surface area contributed by atoms with Gasteiger partial charge in [-0.05, 0) is 12.1 Å². The van der Waals surface area contributed by atoms with E-state index in [1.165, 1.54) is 11.3 Å². The van der Waals surface area contributed by atoms with Crippen LogP contribution < -0.4 is 5.32 Å². The fraction of sp³-hybridized carbons (Fsp3) is 0.333. The second-order valence-electron chi connectivity index (χ2n) is 4.82. The third-order valence-corrected chi connectivity index (χ3v) is 4.24. The van der Waals surface area contributed by atoms with E-state index in [0.29, 0.717) is 30.9 Å². The summed E-state index contributed by atoms with van der Waals surface area (Å²) in [7, 11) is 0. The molecule has 9 nitrogen and oxygen atoms in total. The Morgan fingerprint density at radius 3 is 3.09 bits per heavy atom. The summed E-state index contributed by atoms with van der Waals surface area (Å²) < 4.78 is 5.77. The zero-order chi connectivity index (χ0) is 16.2. The number of furan rings is 1. The predicted octanol–water partition coefficient (Wildman–Crippen LogP) is 1.76. The molecule has 23 heavy (non-hydrogen) atoms. The minimum absolute atomic E-state index is 0.218. The van der Waals surface area contributed by atoms with E-state index in [0.717, 1.165) is 10.6 Å². The fourth-order valence-electron chi connectivity index (χ4n) is 2.23. The first-order chi connectivity index (χ1) is 11.1. The summed E-state index contributed by atoms with van der Waals surface area (Å²) in [5.41, 5.74) is 0. The van der Waals surface area contributed by atoms with Crippen LogP contribution in [0.5, 0.6) is 0 Å². The quantitative estimate of drug-likeness (QED) is 0.643. The molecule has 122 valence electrons. The van der Waals surface area contributed by atoms with Gasteiger partial charge in [0.25, 0.3) is 5.96 Å². The number of nitro groups is 1. The zero-order valence-electron chi connectivity index (χ0n) is 11.9. The van der Waals surface area contributed by atoms with E-state index in [-0.39, 0.29) is 5.96 Å². The monoisotopic (exact) mass is 356 g/mol. The van der Waals surface area contributed by atoms with Crippen molar-refractivity contribution in [3.05, 3.63) is 49.8 Å². The first-order valence-electron chi connectivity index (χ1n) is 6.67. The van der Waals surface area contributed by atoms with Crippen LogP contribution in [0.3, 0.4) is 0 Å². The maximum Gasteiger partial charge on any atom is 0.273 e. The lowest BCUT2D eigenvalue weighted by Crippen LogP contribution is -2.56. The Balaban J connectivity index is 1.72. The topological polar surface area (TPSA) is 100 Å². The Morgan fingerprint density at radius 1 is 1.57 bits per heavy atom. The first kappa shape index (κ1) is 15.7. The average molecular weight is 357 g/mol. The van der Waals surface area contributed by atoms with E-state index in [4.69, 9.17) is 16.0 Å². The predicted molar refractivity (Wildman–Crippen MR) is 84.2 cm³/mol. The smallest absolute Gasteiger partial charge is 0.273 e. The zero-order valence-corrected chi connectivity index (χ0v) is 13.5. The Bertz CT molecular complexity index is 703. The van der Waals surface area contributed by atoms with E-state index >= 15 is 0 Å². The van der Waals surface area contributed by atoms with Crippen LogP contribution in [0.25, 0.3) is 0 Å². The number of hydrogen-bond donors (Lipinski definition) is 1. The fourth-order valence-corrected chi connectivity index (χ4v) is 3.22. The Kier molecular flexibility index (Phi) is 4.74. The molecule has 1 aliphatic rings. The van der Waals surface area contributed by atoms with Gasteiger partial charge >= 0.3 is 0 Å². The van der Waals surface area contributed by atoms with Gasteiger partial charge in [0.2, 0.25) is 0 Å².